The number of nitrogens with zero attached hydrogens (tertiary/aromatic N) is 1. The molecule has 13 heteroatoms. The van der Waals surface area contributed by atoms with Crippen LogP contribution < -0.4 is 5.32 Å². The topological polar surface area (TPSA) is 203 Å². The van der Waals surface area contributed by atoms with E-state index in [1.165, 1.54) is 11.8 Å². The van der Waals surface area contributed by atoms with Crippen LogP contribution in [0, 0.1) is 5.92 Å². The van der Waals surface area contributed by atoms with Crippen molar-refractivity contribution in [3.63, 3.8) is 0 Å². The Labute approximate surface area is 230 Å². The molecule has 0 unspecified atom stereocenters. The highest BCUT2D eigenvalue weighted by Gasteiger charge is 2.53. The summed E-state index contributed by atoms with van der Waals surface area (Å²) in [7, 11) is 0. The number of aliphatic hydroxyl groups is 3. The Balaban J connectivity index is 1.45. The number of nitrogens with one attached hydrogen (secondary N) is 1. The van der Waals surface area contributed by atoms with Crippen LogP contribution in [0.5, 0.6) is 0 Å². The van der Waals surface area contributed by atoms with E-state index in [0.29, 0.717) is 12.8 Å². The second kappa shape index (κ2) is 12.6. The number of esters is 1. The van der Waals surface area contributed by atoms with Crippen LogP contribution in [0.3, 0.4) is 0 Å². The van der Waals surface area contributed by atoms with Crippen molar-refractivity contribution in [2.45, 2.75) is 100 Å². The first kappa shape index (κ1) is 29.9. The first-order valence-corrected chi connectivity index (χ1v) is 13.5. The molecule has 2 saturated heterocycles. The van der Waals surface area contributed by atoms with Crippen LogP contribution in [0.15, 0.2) is 30.3 Å². The van der Waals surface area contributed by atoms with Crippen LogP contribution in [0.1, 0.15) is 44.6 Å². The van der Waals surface area contributed by atoms with Crippen molar-refractivity contribution >= 4 is 23.8 Å². The predicted molar refractivity (Wildman–Crippen MR) is 136 cm³/mol. The summed E-state index contributed by atoms with van der Waals surface area (Å²) in [6, 6.07) is 6.05. The molecule has 0 aromatic heterocycles. The molecule has 13 nitrogen and oxygen atoms in total. The normalized spacial score (nSPS) is 33.1. The molecule has 3 aliphatic rings. The maximum Gasteiger partial charge on any atom is 0.335 e. The number of aliphatic hydroxyl groups excluding tert-OH is 3. The van der Waals surface area contributed by atoms with Crippen molar-refractivity contribution < 1.29 is 54.2 Å². The number of likely N-dealkylation sites (tertiary alicyclic amines) is 1. The molecule has 10 atom stereocenters. The summed E-state index contributed by atoms with van der Waals surface area (Å²) in [5, 5.41) is 52.1. The number of aryl methyl sites for hydroxylation is 1. The summed E-state index contributed by atoms with van der Waals surface area (Å²) in [5.74, 6) is -4.15. The zero-order valence-corrected chi connectivity index (χ0v) is 22.0. The van der Waals surface area contributed by atoms with Gasteiger partial charge < -0.3 is 39.9 Å². The third-order valence-electron chi connectivity index (χ3n) is 8.09. The van der Waals surface area contributed by atoms with Crippen molar-refractivity contribution in [2.24, 2.45) is 5.92 Å². The average molecular weight is 565 g/mol. The molecular weight excluding hydrogens is 528 g/mol. The van der Waals surface area contributed by atoms with Crippen LogP contribution >= 0.6 is 0 Å². The average Bonchev–Trinajstić information content (AvgIpc) is 3.52. The number of rotatable bonds is 10. The molecule has 3 fully saturated rings. The number of ether oxygens (including phenoxy) is 2. The number of carboxylic acids is 2. The van der Waals surface area contributed by atoms with Crippen molar-refractivity contribution in [1.29, 1.82) is 0 Å². The zero-order valence-electron chi connectivity index (χ0n) is 22.0. The van der Waals surface area contributed by atoms with Crippen LogP contribution in [-0.4, -0.2) is 109 Å². The van der Waals surface area contributed by atoms with Gasteiger partial charge in [0.25, 0.3) is 0 Å². The van der Waals surface area contributed by atoms with Crippen molar-refractivity contribution in [3.8, 4) is 0 Å². The van der Waals surface area contributed by atoms with E-state index in [1.54, 1.807) is 0 Å². The summed E-state index contributed by atoms with van der Waals surface area (Å²) in [5.41, 5.74) is 0.959. The zero-order chi connectivity index (χ0) is 29.1. The Morgan fingerprint density at radius 1 is 1.05 bits per heavy atom. The fourth-order valence-electron chi connectivity index (χ4n) is 5.99. The molecule has 0 radical (unpaired) electrons. The molecule has 0 spiro atoms. The highest BCUT2D eigenvalue weighted by Crippen LogP contribution is 2.42. The lowest BCUT2D eigenvalue weighted by atomic mass is 9.99. The van der Waals surface area contributed by atoms with Gasteiger partial charge in [0, 0.05) is 6.04 Å². The summed E-state index contributed by atoms with van der Waals surface area (Å²) in [6.07, 6.45) is -6.34. The number of hydrogen-bond acceptors (Lipinski definition) is 10. The number of carboxylic acid groups (broad SMARTS) is 2. The molecule has 0 bridgehead atoms. The predicted octanol–water partition coefficient (Wildman–Crippen LogP) is -0.744. The largest absolute Gasteiger partial charge is 0.480 e. The molecule has 6 N–H and O–H groups in total. The minimum Gasteiger partial charge on any atom is -0.480 e. The van der Waals surface area contributed by atoms with Crippen LogP contribution in [-0.2, 0) is 35.1 Å². The van der Waals surface area contributed by atoms with Crippen molar-refractivity contribution in [3.05, 3.63) is 35.9 Å². The van der Waals surface area contributed by atoms with E-state index >= 15 is 0 Å². The molecule has 1 saturated carbocycles. The Hall–Kier alpha value is -3.10. The first-order chi connectivity index (χ1) is 19.0. The van der Waals surface area contributed by atoms with E-state index in [0.717, 1.165) is 18.4 Å². The van der Waals surface area contributed by atoms with E-state index in [4.69, 9.17) is 9.47 Å². The molecule has 220 valence electrons. The monoisotopic (exact) mass is 564 g/mol. The third-order valence-corrected chi connectivity index (χ3v) is 8.09. The third kappa shape index (κ3) is 6.28. The SMILES string of the molecule is C[C@H](N[C@@H](CCc1ccccc1)C(=O)O)C(=O)N1[C@H](C(=O)O[C@@H]2O[C@@H](C(=O)O)[C@@H](O)[C@@H](O)[C@@H]2O)C[C@@H]2CCC[C@@H]21. The molecule has 40 heavy (non-hydrogen) atoms. The number of hydrogen-bond donors (Lipinski definition) is 6. The molecular formula is C27H36N2O11. The standard InChI is InChI=1S/C27H36N2O11/c1-13(28-16(24(34)35)11-10-14-6-3-2-4-7-14)23(33)29-17-9-5-8-15(17)12-18(29)26(38)40-27-21(32)19(30)20(31)22(39-27)25(36)37/h2-4,6-7,13,15-22,27-28,30-32H,5,8-12H2,1H3,(H,34,35)(H,36,37)/t13-,15-,16-,17-,18-,19+,20-,21-,22+,27-/m0/s1. The van der Waals surface area contributed by atoms with Crippen molar-refractivity contribution in [2.75, 3.05) is 0 Å². The highest BCUT2D eigenvalue weighted by atomic mass is 16.7. The second-order valence-corrected chi connectivity index (χ2v) is 10.7. The Bertz CT molecular complexity index is 1090. The molecule has 2 aliphatic heterocycles. The number of fused-ring (bicyclic) bond motifs is 1. The van der Waals surface area contributed by atoms with Crippen molar-refractivity contribution in [1.82, 2.24) is 10.2 Å². The Morgan fingerprint density at radius 2 is 1.75 bits per heavy atom. The summed E-state index contributed by atoms with van der Waals surface area (Å²) >= 11 is 0. The van der Waals surface area contributed by atoms with E-state index in [2.05, 4.69) is 5.32 Å². The Kier molecular flexibility index (Phi) is 9.41. The van der Waals surface area contributed by atoms with E-state index in [1.807, 2.05) is 30.3 Å². The highest BCUT2D eigenvalue weighted by molar-refractivity contribution is 5.89. The van der Waals surface area contributed by atoms with Gasteiger partial charge in [-0.1, -0.05) is 36.8 Å². The van der Waals surface area contributed by atoms with Gasteiger partial charge in [-0.15, -0.1) is 0 Å². The quantitative estimate of drug-likeness (QED) is 0.195. The van der Waals surface area contributed by atoms with Gasteiger partial charge in [0.05, 0.1) is 6.04 Å². The lowest BCUT2D eigenvalue weighted by Crippen LogP contribution is -2.61. The second-order valence-electron chi connectivity index (χ2n) is 10.7. The molecule has 1 amide bonds. The Morgan fingerprint density at radius 3 is 2.40 bits per heavy atom. The molecule has 2 heterocycles. The van der Waals surface area contributed by atoms with E-state index in [-0.39, 0.29) is 24.8 Å². The lowest BCUT2D eigenvalue weighted by molar-refractivity contribution is -0.287. The number of aliphatic carboxylic acids is 2. The van der Waals surface area contributed by atoms with Crippen LogP contribution in [0.25, 0.3) is 0 Å². The van der Waals surface area contributed by atoms with Crippen LogP contribution in [0.2, 0.25) is 0 Å². The molecule has 1 aromatic rings. The number of carbonyl (C=O) groups excluding carboxylic acids is 2. The van der Waals surface area contributed by atoms with Gasteiger partial charge >= 0.3 is 17.9 Å². The maximum atomic E-state index is 13.7. The fraction of sp³-hybridized carbons (Fsp3) is 0.630. The van der Waals surface area contributed by atoms with Gasteiger partial charge in [0.1, 0.15) is 30.4 Å². The molecule has 1 aromatic carbocycles. The summed E-state index contributed by atoms with van der Waals surface area (Å²) in [6.45, 7) is 1.54. The smallest absolute Gasteiger partial charge is 0.335 e. The van der Waals surface area contributed by atoms with Gasteiger partial charge in [-0.25, -0.2) is 9.59 Å². The maximum absolute atomic E-state index is 13.7. The van der Waals surface area contributed by atoms with Gasteiger partial charge in [-0.3, -0.25) is 14.9 Å². The molecule has 1 aliphatic carbocycles. The number of benzene rings is 1. The van der Waals surface area contributed by atoms with E-state index < -0.39 is 72.6 Å². The van der Waals surface area contributed by atoms with E-state index in [9.17, 15) is 44.7 Å². The minimum absolute atomic E-state index is 0.0124. The van der Waals surface area contributed by atoms with Gasteiger partial charge in [-0.2, -0.15) is 0 Å². The molecule has 4 rings (SSSR count). The van der Waals surface area contributed by atoms with Gasteiger partial charge in [0.2, 0.25) is 12.2 Å². The minimum atomic E-state index is -1.94. The van der Waals surface area contributed by atoms with Gasteiger partial charge in [0.15, 0.2) is 6.10 Å². The fourth-order valence-corrected chi connectivity index (χ4v) is 5.99. The number of carbonyl (C=O) groups is 4. The first-order valence-electron chi connectivity index (χ1n) is 13.5. The number of amides is 1. The van der Waals surface area contributed by atoms with Crippen LogP contribution in [0.4, 0.5) is 0 Å². The van der Waals surface area contributed by atoms with Gasteiger partial charge in [-0.05, 0) is 50.5 Å². The lowest BCUT2D eigenvalue weighted by Gasteiger charge is -2.39. The summed E-state index contributed by atoms with van der Waals surface area (Å²) < 4.78 is 10.3. The summed E-state index contributed by atoms with van der Waals surface area (Å²) in [4.78, 5) is 51.7.